The topological polar surface area (TPSA) is 42.0 Å². The van der Waals surface area contributed by atoms with E-state index in [1.807, 2.05) is 30.3 Å². The second kappa shape index (κ2) is 4.01. The molecule has 1 aliphatic heterocycles. The molecule has 3 heteroatoms. The number of hydrogen-bond acceptors (Lipinski definition) is 3. The Bertz CT molecular complexity index is 551. The number of hydrogen-bond donors (Lipinski definition) is 1. The molecule has 0 bridgehead atoms. The van der Waals surface area contributed by atoms with Gasteiger partial charge in [0.1, 0.15) is 0 Å². The number of nitrogens with zero attached hydrogens (tertiary/aromatic N) is 1. The van der Waals surface area contributed by atoms with Gasteiger partial charge in [-0.15, -0.1) is 0 Å². The highest BCUT2D eigenvalue weighted by Crippen LogP contribution is 2.31. The Morgan fingerprint density at radius 3 is 2.82 bits per heavy atom. The van der Waals surface area contributed by atoms with Crippen molar-refractivity contribution >= 4 is 11.5 Å². The average Bonchev–Trinajstić information content (AvgIpc) is 2.40. The SMILES string of the molecule is O=C1CC(c2ccccc2)Nc2cnccc21. The van der Waals surface area contributed by atoms with Crippen LogP contribution in [0.4, 0.5) is 5.69 Å². The molecule has 84 valence electrons. The number of Topliss-reactive ketones (excluding diaryl/α,β-unsaturated/α-hetero) is 1. The maximum absolute atomic E-state index is 12.0. The number of carbonyl (C=O) groups is 1. The Morgan fingerprint density at radius 1 is 1.18 bits per heavy atom. The smallest absolute Gasteiger partial charge is 0.167 e. The summed E-state index contributed by atoms with van der Waals surface area (Å²) in [6.45, 7) is 0. The zero-order valence-electron chi connectivity index (χ0n) is 9.26. The molecule has 1 aliphatic rings. The van der Waals surface area contributed by atoms with Gasteiger partial charge in [0, 0.05) is 18.2 Å². The zero-order valence-corrected chi connectivity index (χ0v) is 9.26. The van der Waals surface area contributed by atoms with Crippen LogP contribution in [0.25, 0.3) is 0 Å². The van der Waals surface area contributed by atoms with E-state index in [9.17, 15) is 4.79 Å². The molecule has 0 radical (unpaired) electrons. The summed E-state index contributed by atoms with van der Waals surface area (Å²) in [7, 11) is 0. The summed E-state index contributed by atoms with van der Waals surface area (Å²) in [4.78, 5) is 16.0. The average molecular weight is 224 g/mol. The lowest BCUT2D eigenvalue weighted by Crippen LogP contribution is -2.22. The van der Waals surface area contributed by atoms with Gasteiger partial charge in [0.25, 0.3) is 0 Å². The van der Waals surface area contributed by atoms with Crippen molar-refractivity contribution in [1.29, 1.82) is 0 Å². The number of nitrogens with one attached hydrogen (secondary N) is 1. The summed E-state index contributed by atoms with van der Waals surface area (Å²) in [5.74, 6) is 0.176. The van der Waals surface area contributed by atoms with Crippen LogP contribution in [-0.4, -0.2) is 10.8 Å². The molecule has 0 spiro atoms. The van der Waals surface area contributed by atoms with E-state index in [1.165, 1.54) is 0 Å². The second-order valence-corrected chi connectivity index (χ2v) is 4.16. The van der Waals surface area contributed by atoms with Gasteiger partial charge in [-0.1, -0.05) is 30.3 Å². The van der Waals surface area contributed by atoms with Crippen molar-refractivity contribution in [2.24, 2.45) is 0 Å². The minimum atomic E-state index is 0.0559. The van der Waals surface area contributed by atoms with Gasteiger partial charge in [-0.3, -0.25) is 9.78 Å². The predicted octanol–water partition coefficient (Wildman–Crippen LogP) is 2.82. The minimum absolute atomic E-state index is 0.0559. The molecule has 1 aromatic carbocycles. The van der Waals surface area contributed by atoms with Crippen molar-refractivity contribution in [2.45, 2.75) is 12.5 Å². The highest BCUT2D eigenvalue weighted by molar-refractivity contribution is 6.03. The lowest BCUT2D eigenvalue weighted by molar-refractivity contribution is 0.0972. The molecule has 3 nitrogen and oxygen atoms in total. The van der Waals surface area contributed by atoms with Crippen molar-refractivity contribution in [2.75, 3.05) is 5.32 Å². The number of ketones is 1. The normalized spacial score (nSPS) is 18.4. The van der Waals surface area contributed by atoms with Crippen molar-refractivity contribution in [3.8, 4) is 0 Å². The maximum atomic E-state index is 12.0. The number of rotatable bonds is 1. The van der Waals surface area contributed by atoms with Crippen LogP contribution >= 0.6 is 0 Å². The molecule has 0 saturated heterocycles. The first-order chi connectivity index (χ1) is 8.34. The van der Waals surface area contributed by atoms with E-state index < -0.39 is 0 Å². The van der Waals surface area contributed by atoms with Crippen molar-refractivity contribution in [3.05, 3.63) is 59.9 Å². The number of anilines is 1. The fourth-order valence-corrected chi connectivity index (χ4v) is 2.17. The number of fused-ring (bicyclic) bond motifs is 1. The Hall–Kier alpha value is -2.16. The third-order valence-corrected chi connectivity index (χ3v) is 3.04. The first kappa shape index (κ1) is 10.0. The van der Waals surface area contributed by atoms with Crippen molar-refractivity contribution in [3.63, 3.8) is 0 Å². The first-order valence-electron chi connectivity index (χ1n) is 5.63. The number of pyridine rings is 1. The van der Waals surface area contributed by atoms with E-state index in [4.69, 9.17) is 0 Å². The number of aromatic nitrogens is 1. The van der Waals surface area contributed by atoms with E-state index in [0.29, 0.717) is 6.42 Å². The van der Waals surface area contributed by atoms with Gasteiger partial charge in [-0.05, 0) is 11.6 Å². The lowest BCUT2D eigenvalue weighted by Gasteiger charge is -2.25. The molecule has 1 unspecified atom stereocenters. The standard InChI is InChI=1S/C14H12N2O/c17-14-8-12(10-4-2-1-3-5-10)16-13-9-15-7-6-11(13)14/h1-7,9,12,16H,8H2. The fourth-order valence-electron chi connectivity index (χ4n) is 2.17. The van der Waals surface area contributed by atoms with Crippen LogP contribution in [0, 0.1) is 0 Å². The predicted molar refractivity (Wildman–Crippen MR) is 66.0 cm³/mol. The first-order valence-corrected chi connectivity index (χ1v) is 5.63. The van der Waals surface area contributed by atoms with E-state index in [2.05, 4.69) is 10.3 Å². The Kier molecular flexibility index (Phi) is 2.37. The molecule has 0 saturated carbocycles. The summed E-state index contributed by atoms with van der Waals surface area (Å²) in [5.41, 5.74) is 2.71. The van der Waals surface area contributed by atoms with Gasteiger partial charge < -0.3 is 5.32 Å². The van der Waals surface area contributed by atoms with Gasteiger partial charge in [0.05, 0.1) is 17.9 Å². The largest absolute Gasteiger partial charge is 0.376 e. The molecule has 2 aromatic rings. The molecule has 1 atom stereocenters. The zero-order chi connectivity index (χ0) is 11.7. The number of benzene rings is 1. The Labute approximate surface area is 99.5 Å². The molecule has 2 heterocycles. The molecule has 17 heavy (non-hydrogen) atoms. The molecule has 1 N–H and O–H groups in total. The maximum Gasteiger partial charge on any atom is 0.167 e. The summed E-state index contributed by atoms with van der Waals surface area (Å²) < 4.78 is 0. The molecule has 0 amide bonds. The summed E-state index contributed by atoms with van der Waals surface area (Å²) >= 11 is 0. The highest BCUT2D eigenvalue weighted by atomic mass is 16.1. The molecular formula is C14H12N2O. The van der Waals surface area contributed by atoms with Crippen LogP contribution in [0.3, 0.4) is 0 Å². The molecule has 0 fully saturated rings. The summed E-state index contributed by atoms with van der Waals surface area (Å²) in [5, 5.41) is 3.36. The van der Waals surface area contributed by atoms with Crippen molar-refractivity contribution < 1.29 is 4.79 Å². The van der Waals surface area contributed by atoms with E-state index in [0.717, 1.165) is 16.8 Å². The van der Waals surface area contributed by atoms with Crippen molar-refractivity contribution in [1.82, 2.24) is 4.98 Å². The van der Waals surface area contributed by atoms with E-state index in [1.54, 1.807) is 18.5 Å². The quantitative estimate of drug-likeness (QED) is 0.809. The fraction of sp³-hybridized carbons (Fsp3) is 0.143. The molecule has 0 aliphatic carbocycles. The monoisotopic (exact) mass is 224 g/mol. The molecular weight excluding hydrogens is 212 g/mol. The summed E-state index contributed by atoms with van der Waals surface area (Å²) in [6.07, 6.45) is 3.87. The second-order valence-electron chi connectivity index (χ2n) is 4.16. The van der Waals surface area contributed by atoms with Gasteiger partial charge >= 0.3 is 0 Å². The molecule has 3 rings (SSSR count). The third-order valence-electron chi connectivity index (χ3n) is 3.04. The van der Waals surface area contributed by atoms with Crippen LogP contribution in [0.1, 0.15) is 28.4 Å². The Balaban J connectivity index is 1.97. The van der Waals surface area contributed by atoms with E-state index in [-0.39, 0.29) is 11.8 Å². The van der Waals surface area contributed by atoms with Crippen LogP contribution in [0.15, 0.2) is 48.8 Å². The van der Waals surface area contributed by atoms with Gasteiger partial charge in [0.15, 0.2) is 5.78 Å². The van der Waals surface area contributed by atoms with Gasteiger partial charge in [-0.25, -0.2) is 0 Å². The third kappa shape index (κ3) is 1.80. The van der Waals surface area contributed by atoms with E-state index >= 15 is 0 Å². The van der Waals surface area contributed by atoms with Gasteiger partial charge in [0.2, 0.25) is 0 Å². The molecule has 1 aromatic heterocycles. The van der Waals surface area contributed by atoms with Crippen LogP contribution in [0.2, 0.25) is 0 Å². The van der Waals surface area contributed by atoms with Crippen LogP contribution in [0.5, 0.6) is 0 Å². The highest BCUT2D eigenvalue weighted by Gasteiger charge is 2.25. The van der Waals surface area contributed by atoms with Crippen LogP contribution in [-0.2, 0) is 0 Å². The lowest BCUT2D eigenvalue weighted by atomic mass is 9.93. The Morgan fingerprint density at radius 2 is 2.00 bits per heavy atom. The van der Waals surface area contributed by atoms with Gasteiger partial charge in [-0.2, -0.15) is 0 Å². The van der Waals surface area contributed by atoms with Crippen LogP contribution < -0.4 is 5.32 Å². The summed E-state index contributed by atoms with van der Waals surface area (Å²) in [6, 6.07) is 11.8. The number of carbonyl (C=O) groups excluding carboxylic acids is 1. The minimum Gasteiger partial charge on any atom is -0.376 e.